The van der Waals surface area contributed by atoms with Crippen LogP contribution < -0.4 is 0 Å². The Morgan fingerprint density at radius 1 is 0.571 bits per heavy atom. The first-order valence-electron chi connectivity index (χ1n) is 15.5. The summed E-state index contributed by atoms with van der Waals surface area (Å²) >= 11 is 0. The predicted molar refractivity (Wildman–Crippen MR) is 153 cm³/mol. The Balaban J connectivity index is 2.12. The molecule has 1 unspecified atom stereocenters. The lowest BCUT2D eigenvalue weighted by Crippen LogP contribution is -2.17. The van der Waals surface area contributed by atoms with Crippen molar-refractivity contribution in [3.63, 3.8) is 0 Å². The van der Waals surface area contributed by atoms with Gasteiger partial charge in [-0.2, -0.15) is 0 Å². The van der Waals surface area contributed by atoms with Crippen LogP contribution in [0.25, 0.3) is 0 Å². The van der Waals surface area contributed by atoms with Gasteiger partial charge in [-0.15, -0.1) is 0 Å². The molecule has 1 atom stereocenters. The molecule has 0 aliphatic carbocycles. The van der Waals surface area contributed by atoms with Crippen molar-refractivity contribution in [1.82, 2.24) is 0 Å². The first-order valence-corrected chi connectivity index (χ1v) is 15.5. The minimum absolute atomic E-state index is 0.0168. The maximum Gasteiger partial charge on any atom is 0.313 e. The lowest BCUT2D eigenvalue weighted by atomic mass is 9.93. The zero-order valence-corrected chi connectivity index (χ0v) is 23.5. The van der Waals surface area contributed by atoms with Crippen LogP contribution in [0.3, 0.4) is 0 Å². The largest absolute Gasteiger partial charge is 0.465 e. The van der Waals surface area contributed by atoms with Gasteiger partial charge in [0.25, 0.3) is 0 Å². The maximum atomic E-state index is 12.9. The van der Waals surface area contributed by atoms with Crippen LogP contribution in [-0.4, -0.2) is 12.6 Å². The number of rotatable bonds is 25. The molecular weight excluding hydrogens is 428 g/mol. The summed E-state index contributed by atoms with van der Waals surface area (Å²) in [6.45, 7) is 5.12. The van der Waals surface area contributed by atoms with Crippen molar-refractivity contribution < 1.29 is 9.53 Å². The van der Waals surface area contributed by atoms with E-state index in [1.54, 1.807) is 0 Å². The van der Waals surface area contributed by atoms with E-state index in [1.807, 2.05) is 18.2 Å². The molecule has 0 N–H and O–H groups in total. The SMILES string of the molecule is CCCCCCCCCCCCCCCCC(C(=O)OCCCCCCCCC)c1ccccc1. The molecule has 2 heteroatoms. The molecule has 0 saturated heterocycles. The lowest BCUT2D eigenvalue weighted by molar-refractivity contribution is -0.145. The summed E-state index contributed by atoms with van der Waals surface area (Å²) in [4.78, 5) is 12.9. The first kappa shape index (κ1) is 31.7. The van der Waals surface area contributed by atoms with Crippen LogP contribution >= 0.6 is 0 Å². The zero-order chi connectivity index (χ0) is 25.2. The highest BCUT2D eigenvalue weighted by molar-refractivity contribution is 5.78. The fourth-order valence-corrected chi connectivity index (χ4v) is 4.98. The quantitative estimate of drug-likeness (QED) is 0.101. The molecule has 0 heterocycles. The van der Waals surface area contributed by atoms with Gasteiger partial charge in [-0.1, -0.05) is 173 Å². The summed E-state index contributed by atoms with van der Waals surface area (Å²) in [5.74, 6) is -0.116. The van der Waals surface area contributed by atoms with Crippen LogP contribution in [0.1, 0.15) is 167 Å². The van der Waals surface area contributed by atoms with Gasteiger partial charge in [0.2, 0.25) is 0 Å². The van der Waals surface area contributed by atoms with E-state index in [0.29, 0.717) is 6.61 Å². The van der Waals surface area contributed by atoms with E-state index in [0.717, 1.165) is 24.8 Å². The first-order chi connectivity index (χ1) is 17.3. The van der Waals surface area contributed by atoms with E-state index in [9.17, 15) is 4.79 Å². The molecule has 0 spiro atoms. The minimum atomic E-state index is -0.0990. The van der Waals surface area contributed by atoms with Gasteiger partial charge in [0, 0.05) is 0 Å². The molecule has 35 heavy (non-hydrogen) atoms. The van der Waals surface area contributed by atoms with Crippen molar-refractivity contribution in [1.29, 1.82) is 0 Å². The van der Waals surface area contributed by atoms with Crippen molar-refractivity contribution in [2.45, 2.75) is 161 Å². The highest BCUT2D eigenvalue weighted by Crippen LogP contribution is 2.25. The molecule has 0 saturated carbocycles. The molecule has 0 fully saturated rings. The summed E-state index contributed by atoms with van der Waals surface area (Å²) in [5, 5.41) is 0. The molecule has 2 nitrogen and oxygen atoms in total. The van der Waals surface area contributed by atoms with Crippen molar-refractivity contribution >= 4 is 5.97 Å². The third-order valence-corrected chi connectivity index (χ3v) is 7.33. The Hall–Kier alpha value is -1.31. The van der Waals surface area contributed by atoms with Gasteiger partial charge in [0.1, 0.15) is 0 Å². The Morgan fingerprint density at radius 3 is 1.43 bits per heavy atom. The highest BCUT2D eigenvalue weighted by Gasteiger charge is 2.21. The molecular formula is C33H58O2. The van der Waals surface area contributed by atoms with Crippen molar-refractivity contribution in [3.05, 3.63) is 35.9 Å². The van der Waals surface area contributed by atoms with E-state index in [1.165, 1.54) is 122 Å². The van der Waals surface area contributed by atoms with Crippen LogP contribution in [0.5, 0.6) is 0 Å². The Kier molecular flexibility index (Phi) is 22.1. The van der Waals surface area contributed by atoms with E-state index < -0.39 is 0 Å². The fraction of sp³-hybridized carbons (Fsp3) is 0.788. The molecule has 0 bridgehead atoms. The standard InChI is InChI=1S/C33H58O2/c1-3-5-7-9-11-12-13-14-15-16-17-18-20-25-29-32(31-27-23-22-24-28-31)33(34)35-30-26-21-19-10-8-6-4-2/h22-24,27-28,32H,3-21,25-26,29-30H2,1-2H3. The number of carbonyl (C=O) groups excluding carboxylic acids is 1. The summed E-state index contributed by atoms with van der Waals surface area (Å²) in [6.07, 6.45) is 28.7. The second-order valence-electron chi connectivity index (χ2n) is 10.6. The van der Waals surface area contributed by atoms with E-state index in [4.69, 9.17) is 4.74 Å². The molecule has 0 aromatic heterocycles. The van der Waals surface area contributed by atoms with Gasteiger partial charge in [-0.3, -0.25) is 4.79 Å². The molecule has 1 rings (SSSR count). The van der Waals surface area contributed by atoms with Crippen LogP contribution in [-0.2, 0) is 9.53 Å². The van der Waals surface area contributed by atoms with Crippen LogP contribution in [0, 0.1) is 0 Å². The topological polar surface area (TPSA) is 26.3 Å². The molecule has 1 aromatic rings. The van der Waals surface area contributed by atoms with Gasteiger partial charge >= 0.3 is 5.97 Å². The number of hydrogen-bond donors (Lipinski definition) is 0. The molecule has 0 aliphatic heterocycles. The second-order valence-corrected chi connectivity index (χ2v) is 10.6. The second kappa shape index (κ2) is 24.4. The fourth-order valence-electron chi connectivity index (χ4n) is 4.98. The molecule has 1 aromatic carbocycles. The number of ether oxygens (including phenoxy) is 1. The lowest BCUT2D eigenvalue weighted by Gasteiger charge is -2.16. The van der Waals surface area contributed by atoms with E-state index in [-0.39, 0.29) is 11.9 Å². The predicted octanol–water partition coefficient (Wildman–Crippen LogP) is 10.9. The molecule has 0 aliphatic rings. The third-order valence-electron chi connectivity index (χ3n) is 7.33. The minimum Gasteiger partial charge on any atom is -0.465 e. The molecule has 202 valence electrons. The third kappa shape index (κ3) is 18.6. The van der Waals surface area contributed by atoms with Gasteiger partial charge in [0.15, 0.2) is 0 Å². The Morgan fingerprint density at radius 2 is 0.971 bits per heavy atom. The van der Waals surface area contributed by atoms with Gasteiger partial charge in [-0.05, 0) is 18.4 Å². The summed E-state index contributed by atoms with van der Waals surface area (Å²) in [7, 11) is 0. The van der Waals surface area contributed by atoms with Crippen LogP contribution in [0.2, 0.25) is 0 Å². The van der Waals surface area contributed by atoms with Crippen molar-refractivity contribution in [3.8, 4) is 0 Å². The van der Waals surface area contributed by atoms with Crippen molar-refractivity contribution in [2.75, 3.05) is 6.61 Å². The van der Waals surface area contributed by atoms with Gasteiger partial charge in [0.05, 0.1) is 12.5 Å². The van der Waals surface area contributed by atoms with Crippen LogP contribution in [0.15, 0.2) is 30.3 Å². The Labute approximate surface area is 219 Å². The van der Waals surface area contributed by atoms with Gasteiger partial charge in [-0.25, -0.2) is 0 Å². The zero-order valence-electron chi connectivity index (χ0n) is 23.5. The number of carbonyl (C=O) groups is 1. The van der Waals surface area contributed by atoms with Crippen LogP contribution in [0.4, 0.5) is 0 Å². The summed E-state index contributed by atoms with van der Waals surface area (Å²) < 4.78 is 5.72. The van der Waals surface area contributed by atoms with Gasteiger partial charge < -0.3 is 4.74 Å². The summed E-state index contributed by atoms with van der Waals surface area (Å²) in [5.41, 5.74) is 1.12. The number of unbranched alkanes of at least 4 members (excludes halogenated alkanes) is 19. The Bertz CT molecular complexity index is 568. The maximum absolute atomic E-state index is 12.9. The average Bonchev–Trinajstić information content (AvgIpc) is 2.88. The summed E-state index contributed by atoms with van der Waals surface area (Å²) in [6, 6.07) is 10.3. The van der Waals surface area contributed by atoms with E-state index in [2.05, 4.69) is 26.0 Å². The smallest absolute Gasteiger partial charge is 0.313 e. The monoisotopic (exact) mass is 486 g/mol. The average molecular weight is 487 g/mol. The number of benzene rings is 1. The van der Waals surface area contributed by atoms with E-state index >= 15 is 0 Å². The molecule has 0 amide bonds. The highest BCUT2D eigenvalue weighted by atomic mass is 16.5. The normalized spacial score (nSPS) is 12.1. The van der Waals surface area contributed by atoms with Crippen molar-refractivity contribution in [2.24, 2.45) is 0 Å². The number of esters is 1. The number of hydrogen-bond acceptors (Lipinski definition) is 2. The molecule has 0 radical (unpaired) electrons.